The lowest BCUT2D eigenvalue weighted by Crippen LogP contribution is -2.53. The molecule has 104 valence electrons. The highest BCUT2D eigenvalue weighted by Gasteiger charge is 2.40. The van der Waals surface area contributed by atoms with Gasteiger partial charge in [0.15, 0.2) is 0 Å². The van der Waals surface area contributed by atoms with Gasteiger partial charge in [-0.3, -0.25) is 4.79 Å². The summed E-state index contributed by atoms with van der Waals surface area (Å²) in [6.45, 7) is 3.55. The molecule has 1 amide bonds. The molecule has 0 aromatic rings. The van der Waals surface area contributed by atoms with E-state index in [1.54, 1.807) is 14.0 Å². The Balaban J connectivity index is 2.67. The molecule has 1 aliphatic rings. The molecule has 1 aliphatic heterocycles. The zero-order chi connectivity index (χ0) is 13.6. The SMILES string of the molecule is COCC1(C(=O)NC(C)C(=O)OC)CCNCC1. The standard InChI is InChI=1S/C12H22N2O4/c1-9(10(15)18-3)14-11(16)12(8-17-2)4-6-13-7-5-12/h9,13H,4-8H2,1-3H3,(H,14,16). The first-order valence-corrected chi connectivity index (χ1v) is 6.14. The maximum atomic E-state index is 12.3. The van der Waals surface area contributed by atoms with Gasteiger partial charge in [0.25, 0.3) is 0 Å². The first-order valence-electron chi connectivity index (χ1n) is 6.14. The first-order chi connectivity index (χ1) is 8.55. The Morgan fingerprint density at radius 2 is 1.94 bits per heavy atom. The van der Waals surface area contributed by atoms with E-state index in [1.165, 1.54) is 7.11 Å². The molecular formula is C12H22N2O4. The van der Waals surface area contributed by atoms with Crippen LogP contribution in [0.25, 0.3) is 0 Å². The average Bonchev–Trinajstić information content (AvgIpc) is 2.39. The predicted molar refractivity (Wildman–Crippen MR) is 66.0 cm³/mol. The number of hydrogen-bond acceptors (Lipinski definition) is 5. The Hall–Kier alpha value is -1.14. The molecule has 0 radical (unpaired) electrons. The molecule has 0 spiro atoms. The van der Waals surface area contributed by atoms with Crippen LogP contribution < -0.4 is 10.6 Å². The summed E-state index contributed by atoms with van der Waals surface area (Å²) in [4.78, 5) is 23.6. The third-order valence-electron chi connectivity index (χ3n) is 3.37. The summed E-state index contributed by atoms with van der Waals surface area (Å²) in [5, 5.41) is 5.92. The summed E-state index contributed by atoms with van der Waals surface area (Å²) in [5.41, 5.74) is -0.539. The molecule has 1 heterocycles. The number of amides is 1. The van der Waals surface area contributed by atoms with Crippen LogP contribution in [0.1, 0.15) is 19.8 Å². The largest absolute Gasteiger partial charge is 0.467 e. The second-order valence-electron chi connectivity index (χ2n) is 4.68. The highest BCUT2D eigenvalue weighted by Crippen LogP contribution is 2.29. The molecule has 1 unspecified atom stereocenters. The third kappa shape index (κ3) is 3.43. The molecule has 0 saturated carbocycles. The Morgan fingerprint density at radius 1 is 1.33 bits per heavy atom. The van der Waals surface area contributed by atoms with Gasteiger partial charge in [-0.15, -0.1) is 0 Å². The molecule has 1 rings (SSSR count). The molecule has 6 heteroatoms. The minimum Gasteiger partial charge on any atom is -0.467 e. The molecule has 18 heavy (non-hydrogen) atoms. The highest BCUT2D eigenvalue weighted by atomic mass is 16.5. The molecule has 1 fully saturated rings. The Morgan fingerprint density at radius 3 is 2.44 bits per heavy atom. The van der Waals surface area contributed by atoms with E-state index in [2.05, 4.69) is 15.4 Å². The van der Waals surface area contributed by atoms with E-state index in [0.29, 0.717) is 19.4 Å². The second-order valence-corrected chi connectivity index (χ2v) is 4.68. The lowest BCUT2D eigenvalue weighted by Gasteiger charge is -2.36. The Kier molecular flexibility index (Phi) is 5.55. The van der Waals surface area contributed by atoms with Crippen LogP contribution in [0.15, 0.2) is 0 Å². The van der Waals surface area contributed by atoms with Crippen molar-refractivity contribution in [3.8, 4) is 0 Å². The molecular weight excluding hydrogens is 236 g/mol. The zero-order valence-electron chi connectivity index (χ0n) is 11.2. The second kappa shape index (κ2) is 6.70. The number of nitrogens with one attached hydrogen (secondary N) is 2. The van der Waals surface area contributed by atoms with Gasteiger partial charge in [-0.05, 0) is 32.9 Å². The topological polar surface area (TPSA) is 76.7 Å². The van der Waals surface area contributed by atoms with Gasteiger partial charge >= 0.3 is 5.97 Å². The predicted octanol–water partition coefficient (Wildman–Crippen LogP) is -0.320. The van der Waals surface area contributed by atoms with E-state index in [1.807, 2.05) is 0 Å². The van der Waals surface area contributed by atoms with E-state index >= 15 is 0 Å². The Labute approximate surface area is 107 Å². The zero-order valence-corrected chi connectivity index (χ0v) is 11.2. The number of rotatable bonds is 5. The average molecular weight is 258 g/mol. The number of methoxy groups -OCH3 is 2. The number of carbonyl (C=O) groups is 2. The van der Waals surface area contributed by atoms with Crippen LogP contribution in [0, 0.1) is 5.41 Å². The lowest BCUT2D eigenvalue weighted by atomic mass is 9.78. The van der Waals surface area contributed by atoms with E-state index < -0.39 is 17.4 Å². The summed E-state index contributed by atoms with van der Waals surface area (Å²) < 4.78 is 9.77. The van der Waals surface area contributed by atoms with Gasteiger partial charge in [0.05, 0.1) is 19.1 Å². The third-order valence-corrected chi connectivity index (χ3v) is 3.37. The van der Waals surface area contributed by atoms with Crippen molar-refractivity contribution in [2.75, 3.05) is 33.9 Å². The van der Waals surface area contributed by atoms with Crippen molar-refractivity contribution in [1.82, 2.24) is 10.6 Å². The lowest BCUT2D eigenvalue weighted by molar-refractivity contribution is -0.147. The van der Waals surface area contributed by atoms with Crippen molar-refractivity contribution < 1.29 is 19.1 Å². The number of esters is 1. The molecule has 6 nitrogen and oxygen atoms in total. The molecule has 0 aromatic heterocycles. The first kappa shape index (κ1) is 14.9. The van der Waals surface area contributed by atoms with Gasteiger partial charge < -0.3 is 20.1 Å². The van der Waals surface area contributed by atoms with Crippen LogP contribution in [0.4, 0.5) is 0 Å². The van der Waals surface area contributed by atoms with Crippen molar-refractivity contribution >= 4 is 11.9 Å². The molecule has 1 atom stereocenters. The normalized spacial score (nSPS) is 19.9. The molecule has 0 bridgehead atoms. The summed E-state index contributed by atoms with van der Waals surface area (Å²) in [6, 6.07) is -0.633. The Bertz CT molecular complexity index is 295. The highest BCUT2D eigenvalue weighted by molar-refractivity contribution is 5.88. The summed E-state index contributed by atoms with van der Waals surface area (Å²) >= 11 is 0. The smallest absolute Gasteiger partial charge is 0.328 e. The number of carbonyl (C=O) groups excluding carboxylic acids is 2. The quantitative estimate of drug-likeness (QED) is 0.661. The fourth-order valence-electron chi connectivity index (χ4n) is 2.20. The van der Waals surface area contributed by atoms with Crippen LogP contribution in [-0.2, 0) is 19.1 Å². The van der Waals surface area contributed by atoms with Crippen molar-refractivity contribution in [3.05, 3.63) is 0 Å². The van der Waals surface area contributed by atoms with Crippen LogP contribution >= 0.6 is 0 Å². The van der Waals surface area contributed by atoms with Gasteiger partial charge in [-0.1, -0.05) is 0 Å². The van der Waals surface area contributed by atoms with E-state index in [4.69, 9.17) is 4.74 Å². The summed E-state index contributed by atoms with van der Waals surface area (Å²) in [7, 11) is 2.89. The number of ether oxygens (including phenoxy) is 2. The van der Waals surface area contributed by atoms with Crippen LogP contribution in [0.2, 0.25) is 0 Å². The van der Waals surface area contributed by atoms with Gasteiger partial charge in [-0.25, -0.2) is 4.79 Å². The maximum Gasteiger partial charge on any atom is 0.328 e. The minimum absolute atomic E-state index is 0.135. The molecule has 2 N–H and O–H groups in total. The van der Waals surface area contributed by atoms with Crippen LogP contribution in [-0.4, -0.2) is 51.8 Å². The monoisotopic (exact) mass is 258 g/mol. The number of piperidine rings is 1. The van der Waals surface area contributed by atoms with Crippen LogP contribution in [0.5, 0.6) is 0 Å². The summed E-state index contributed by atoms with van der Waals surface area (Å²) in [5.74, 6) is -0.575. The van der Waals surface area contributed by atoms with E-state index in [9.17, 15) is 9.59 Å². The van der Waals surface area contributed by atoms with Gasteiger partial charge in [0.2, 0.25) is 5.91 Å². The van der Waals surface area contributed by atoms with Gasteiger partial charge in [0, 0.05) is 7.11 Å². The molecule has 1 saturated heterocycles. The van der Waals surface area contributed by atoms with Crippen molar-refractivity contribution in [2.24, 2.45) is 5.41 Å². The van der Waals surface area contributed by atoms with E-state index in [0.717, 1.165) is 13.1 Å². The fourth-order valence-corrected chi connectivity index (χ4v) is 2.20. The molecule has 0 aromatic carbocycles. The van der Waals surface area contributed by atoms with E-state index in [-0.39, 0.29) is 5.91 Å². The van der Waals surface area contributed by atoms with Crippen molar-refractivity contribution in [1.29, 1.82) is 0 Å². The van der Waals surface area contributed by atoms with Crippen molar-refractivity contribution in [3.63, 3.8) is 0 Å². The van der Waals surface area contributed by atoms with Crippen molar-refractivity contribution in [2.45, 2.75) is 25.8 Å². The minimum atomic E-state index is -0.633. The maximum absolute atomic E-state index is 12.3. The van der Waals surface area contributed by atoms with Gasteiger partial charge in [0.1, 0.15) is 6.04 Å². The van der Waals surface area contributed by atoms with Gasteiger partial charge in [-0.2, -0.15) is 0 Å². The fraction of sp³-hybridized carbons (Fsp3) is 0.833. The number of hydrogen-bond donors (Lipinski definition) is 2. The molecule has 0 aliphatic carbocycles. The summed E-state index contributed by atoms with van der Waals surface area (Å²) in [6.07, 6.45) is 1.42. The van der Waals surface area contributed by atoms with Crippen LogP contribution in [0.3, 0.4) is 0 Å².